The summed E-state index contributed by atoms with van der Waals surface area (Å²) in [5, 5.41) is 1.02. The third kappa shape index (κ3) is 2.64. The van der Waals surface area contributed by atoms with Gasteiger partial charge in [-0.1, -0.05) is 32.0 Å². The average molecular weight is 302 g/mol. The molecule has 1 heterocycles. The molecule has 1 aliphatic carbocycles. The number of rotatable bonds is 4. The Morgan fingerprint density at radius 2 is 2.14 bits per heavy atom. The van der Waals surface area contributed by atoms with E-state index >= 15 is 0 Å². The van der Waals surface area contributed by atoms with E-state index in [2.05, 4.69) is 26.8 Å². The Labute approximate surface area is 129 Å². The molecule has 2 N–H and O–H groups in total. The van der Waals surface area contributed by atoms with Crippen molar-refractivity contribution in [2.24, 2.45) is 5.92 Å². The van der Waals surface area contributed by atoms with Crippen LogP contribution < -0.4 is 5.73 Å². The highest BCUT2D eigenvalue weighted by molar-refractivity contribution is 7.21. The minimum Gasteiger partial charge on any atom is -0.397 e. The minimum absolute atomic E-state index is 0.115. The second-order valence-corrected chi connectivity index (χ2v) is 7.40. The zero-order valence-electron chi connectivity index (χ0n) is 12.8. The number of anilines is 1. The van der Waals surface area contributed by atoms with E-state index < -0.39 is 0 Å². The molecule has 0 saturated heterocycles. The summed E-state index contributed by atoms with van der Waals surface area (Å²) in [7, 11) is 0. The van der Waals surface area contributed by atoms with E-state index in [0.717, 1.165) is 29.5 Å². The standard InChI is InChI=1S/C17H22N2OS/c1-10(2)9-19(12-7-8-12)17(20)16-14(18)13-6-4-5-11(3)15(13)21-16/h4-6,10,12H,7-9,18H2,1-3H3. The van der Waals surface area contributed by atoms with E-state index in [9.17, 15) is 4.79 Å². The molecule has 1 amide bonds. The molecule has 4 heteroatoms. The molecular formula is C17H22N2OS. The highest BCUT2D eigenvalue weighted by Crippen LogP contribution is 2.38. The maximum Gasteiger partial charge on any atom is 0.266 e. The first-order chi connectivity index (χ1) is 9.99. The number of nitrogens with zero attached hydrogens (tertiary/aromatic N) is 1. The predicted molar refractivity (Wildman–Crippen MR) is 89.9 cm³/mol. The first-order valence-electron chi connectivity index (χ1n) is 7.57. The molecule has 0 aliphatic heterocycles. The fourth-order valence-corrected chi connectivity index (χ4v) is 3.89. The summed E-state index contributed by atoms with van der Waals surface area (Å²) in [6, 6.07) is 6.50. The van der Waals surface area contributed by atoms with Crippen molar-refractivity contribution in [2.75, 3.05) is 12.3 Å². The average Bonchev–Trinajstić information content (AvgIpc) is 3.21. The second kappa shape index (κ2) is 5.34. The van der Waals surface area contributed by atoms with Gasteiger partial charge in [0.1, 0.15) is 4.88 Å². The van der Waals surface area contributed by atoms with Crippen molar-refractivity contribution in [2.45, 2.75) is 39.7 Å². The minimum atomic E-state index is 0.115. The molecule has 2 aromatic rings. The van der Waals surface area contributed by atoms with Crippen LogP contribution >= 0.6 is 11.3 Å². The highest BCUT2D eigenvalue weighted by atomic mass is 32.1. The van der Waals surface area contributed by atoms with Crippen LogP contribution in [-0.4, -0.2) is 23.4 Å². The number of nitrogens with two attached hydrogens (primary N) is 1. The fourth-order valence-electron chi connectivity index (χ4n) is 2.75. The number of amides is 1. The zero-order valence-corrected chi connectivity index (χ0v) is 13.7. The van der Waals surface area contributed by atoms with E-state index in [0.29, 0.717) is 22.5 Å². The van der Waals surface area contributed by atoms with Gasteiger partial charge in [0.15, 0.2) is 0 Å². The molecule has 1 aromatic carbocycles. The van der Waals surface area contributed by atoms with Gasteiger partial charge in [-0.05, 0) is 31.2 Å². The van der Waals surface area contributed by atoms with Gasteiger partial charge in [0.2, 0.25) is 0 Å². The highest BCUT2D eigenvalue weighted by Gasteiger charge is 2.35. The van der Waals surface area contributed by atoms with Crippen LogP contribution in [-0.2, 0) is 0 Å². The van der Waals surface area contributed by atoms with Crippen molar-refractivity contribution >= 4 is 33.0 Å². The van der Waals surface area contributed by atoms with Gasteiger partial charge in [-0.3, -0.25) is 4.79 Å². The molecule has 0 radical (unpaired) electrons. The van der Waals surface area contributed by atoms with E-state index in [-0.39, 0.29) is 5.91 Å². The molecule has 1 saturated carbocycles. The van der Waals surface area contributed by atoms with Crippen LogP contribution in [0.1, 0.15) is 41.9 Å². The molecule has 1 aromatic heterocycles. The van der Waals surface area contributed by atoms with Gasteiger partial charge in [-0.25, -0.2) is 0 Å². The van der Waals surface area contributed by atoms with Crippen LogP contribution in [0.2, 0.25) is 0 Å². The van der Waals surface area contributed by atoms with Gasteiger partial charge < -0.3 is 10.6 Å². The Morgan fingerprint density at radius 3 is 2.71 bits per heavy atom. The van der Waals surface area contributed by atoms with Gasteiger partial charge in [0.25, 0.3) is 5.91 Å². The van der Waals surface area contributed by atoms with Crippen LogP contribution in [0.4, 0.5) is 5.69 Å². The lowest BCUT2D eigenvalue weighted by Crippen LogP contribution is -2.36. The number of nitrogen functional groups attached to an aromatic ring is 1. The normalized spacial score (nSPS) is 14.9. The van der Waals surface area contributed by atoms with Crippen LogP contribution in [0, 0.1) is 12.8 Å². The molecule has 112 valence electrons. The number of thiophene rings is 1. The molecule has 1 aliphatic rings. The summed E-state index contributed by atoms with van der Waals surface area (Å²) in [5.74, 6) is 0.594. The number of benzene rings is 1. The van der Waals surface area contributed by atoms with Crippen LogP contribution in [0.15, 0.2) is 18.2 Å². The molecule has 0 bridgehead atoms. The molecule has 3 rings (SSSR count). The number of carbonyl (C=O) groups excluding carboxylic acids is 1. The number of fused-ring (bicyclic) bond motifs is 1. The first-order valence-corrected chi connectivity index (χ1v) is 8.39. The molecule has 0 atom stereocenters. The summed E-state index contributed by atoms with van der Waals surface area (Å²) in [5.41, 5.74) is 8.10. The number of aryl methyl sites for hydroxylation is 1. The summed E-state index contributed by atoms with van der Waals surface area (Å²) in [6.07, 6.45) is 2.25. The van der Waals surface area contributed by atoms with Gasteiger partial charge >= 0.3 is 0 Å². The largest absolute Gasteiger partial charge is 0.397 e. The lowest BCUT2D eigenvalue weighted by Gasteiger charge is -2.24. The summed E-state index contributed by atoms with van der Waals surface area (Å²) in [6.45, 7) is 7.19. The van der Waals surface area contributed by atoms with E-state index in [1.54, 1.807) is 11.3 Å². The first kappa shape index (κ1) is 14.4. The van der Waals surface area contributed by atoms with E-state index in [1.165, 1.54) is 5.56 Å². The second-order valence-electron chi connectivity index (χ2n) is 6.38. The van der Waals surface area contributed by atoms with Crippen molar-refractivity contribution in [3.05, 3.63) is 28.6 Å². The molecule has 1 fully saturated rings. The van der Waals surface area contributed by atoms with E-state index in [4.69, 9.17) is 5.73 Å². The fraction of sp³-hybridized carbons (Fsp3) is 0.471. The van der Waals surface area contributed by atoms with Crippen molar-refractivity contribution in [1.82, 2.24) is 4.90 Å². The molecular weight excluding hydrogens is 280 g/mol. The quantitative estimate of drug-likeness (QED) is 0.926. The Hall–Kier alpha value is -1.55. The maximum atomic E-state index is 12.9. The van der Waals surface area contributed by atoms with Crippen LogP contribution in [0.5, 0.6) is 0 Å². The van der Waals surface area contributed by atoms with Gasteiger partial charge in [-0.2, -0.15) is 0 Å². The zero-order chi connectivity index (χ0) is 15.1. The topological polar surface area (TPSA) is 46.3 Å². The molecule has 0 unspecified atom stereocenters. The van der Waals surface area contributed by atoms with Gasteiger partial charge in [-0.15, -0.1) is 11.3 Å². The van der Waals surface area contributed by atoms with Gasteiger partial charge in [0, 0.05) is 22.7 Å². The molecule has 0 spiro atoms. The third-order valence-electron chi connectivity index (χ3n) is 3.96. The van der Waals surface area contributed by atoms with Crippen molar-refractivity contribution in [3.8, 4) is 0 Å². The van der Waals surface area contributed by atoms with Crippen LogP contribution in [0.25, 0.3) is 10.1 Å². The predicted octanol–water partition coefficient (Wildman–Crippen LogP) is 4.05. The Balaban J connectivity index is 2.00. The van der Waals surface area contributed by atoms with E-state index in [1.807, 2.05) is 17.0 Å². The lowest BCUT2D eigenvalue weighted by atomic mass is 10.1. The lowest BCUT2D eigenvalue weighted by molar-refractivity contribution is 0.0728. The Bertz CT molecular complexity index is 685. The number of carbonyl (C=O) groups is 1. The van der Waals surface area contributed by atoms with Gasteiger partial charge in [0.05, 0.1) is 5.69 Å². The van der Waals surface area contributed by atoms with Crippen LogP contribution in [0.3, 0.4) is 0 Å². The van der Waals surface area contributed by atoms with Crippen molar-refractivity contribution < 1.29 is 4.79 Å². The number of hydrogen-bond acceptors (Lipinski definition) is 3. The molecule has 21 heavy (non-hydrogen) atoms. The Morgan fingerprint density at radius 1 is 1.43 bits per heavy atom. The van der Waals surface area contributed by atoms with Crippen molar-refractivity contribution in [1.29, 1.82) is 0 Å². The summed E-state index contributed by atoms with van der Waals surface area (Å²) < 4.78 is 1.14. The summed E-state index contributed by atoms with van der Waals surface area (Å²) in [4.78, 5) is 15.7. The molecule has 3 nitrogen and oxygen atoms in total. The summed E-state index contributed by atoms with van der Waals surface area (Å²) >= 11 is 1.54. The Kier molecular flexibility index (Phi) is 3.66. The monoisotopic (exact) mass is 302 g/mol. The number of hydrogen-bond donors (Lipinski definition) is 1. The van der Waals surface area contributed by atoms with Crippen molar-refractivity contribution in [3.63, 3.8) is 0 Å². The smallest absolute Gasteiger partial charge is 0.266 e. The third-order valence-corrected chi connectivity index (χ3v) is 5.30. The SMILES string of the molecule is Cc1cccc2c(N)c(C(=O)N(CC(C)C)C3CC3)sc12. The maximum absolute atomic E-state index is 12.9.